The van der Waals surface area contributed by atoms with Crippen molar-refractivity contribution in [3.63, 3.8) is 0 Å². The van der Waals surface area contributed by atoms with Crippen molar-refractivity contribution in [3.05, 3.63) is 28.3 Å². The number of hydrogen-bond acceptors (Lipinski definition) is 5. The van der Waals surface area contributed by atoms with Crippen LogP contribution in [0.2, 0.25) is 5.02 Å². The van der Waals surface area contributed by atoms with Crippen LogP contribution in [0.5, 0.6) is 0 Å². The molecule has 0 aliphatic rings. The smallest absolute Gasteiger partial charge is 0.341 e. The van der Waals surface area contributed by atoms with E-state index in [0.717, 1.165) is 0 Å². The quantitative estimate of drug-likeness (QED) is 0.667. The first-order chi connectivity index (χ1) is 8.67. The maximum Gasteiger partial charge on any atom is 0.341 e. The van der Waals surface area contributed by atoms with Gasteiger partial charge in [0.05, 0.1) is 28.9 Å². The second kappa shape index (κ2) is 5.48. The van der Waals surface area contributed by atoms with Gasteiger partial charge in [0.2, 0.25) is 0 Å². The van der Waals surface area contributed by atoms with Gasteiger partial charge in [-0.05, 0) is 32.9 Å². The van der Waals surface area contributed by atoms with Gasteiger partial charge in [-0.15, -0.1) is 0 Å². The summed E-state index contributed by atoms with van der Waals surface area (Å²) in [6.07, 6.45) is 0. The van der Waals surface area contributed by atoms with E-state index in [1.165, 1.54) is 19.2 Å². The van der Waals surface area contributed by atoms with Crippen LogP contribution < -0.4 is 5.73 Å². The standard InChI is InChI=1S/C13H16ClNO4/c1-13(2,3)19-12(17)9-7(11(16)18-4)5-6-8(14)10(9)15/h5-6H,15H2,1-4H3. The number of carbonyl (C=O) groups is 2. The predicted molar refractivity (Wildman–Crippen MR) is 72.4 cm³/mol. The molecule has 0 unspecified atom stereocenters. The minimum atomic E-state index is -0.715. The molecule has 1 aromatic rings. The van der Waals surface area contributed by atoms with Crippen LogP contribution in [0.25, 0.3) is 0 Å². The Bertz CT molecular complexity index is 520. The number of anilines is 1. The second-order valence-corrected chi connectivity index (χ2v) is 5.28. The summed E-state index contributed by atoms with van der Waals surface area (Å²) in [5.74, 6) is -1.39. The van der Waals surface area contributed by atoms with Crippen molar-refractivity contribution in [3.8, 4) is 0 Å². The minimum absolute atomic E-state index is 0.00110. The van der Waals surface area contributed by atoms with Crippen molar-refractivity contribution < 1.29 is 19.1 Å². The highest BCUT2D eigenvalue weighted by molar-refractivity contribution is 6.34. The van der Waals surface area contributed by atoms with Crippen molar-refractivity contribution in [2.45, 2.75) is 26.4 Å². The molecule has 0 saturated carbocycles. The number of hydrogen-bond donors (Lipinski definition) is 1. The Kier molecular flexibility index (Phi) is 4.42. The molecule has 0 bridgehead atoms. The van der Waals surface area contributed by atoms with Gasteiger partial charge in [-0.2, -0.15) is 0 Å². The number of rotatable bonds is 2. The highest BCUT2D eigenvalue weighted by Gasteiger charge is 2.26. The Morgan fingerprint density at radius 1 is 1.21 bits per heavy atom. The van der Waals surface area contributed by atoms with Gasteiger partial charge in [0.15, 0.2) is 0 Å². The molecule has 0 radical (unpaired) electrons. The highest BCUT2D eigenvalue weighted by Crippen LogP contribution is 2.28. The number of esters is 2. The fourth-order valence-electron chi connectivity index (χ4n) is 1.42. The number of ether oxygens (including phenoxy) is 2. The van der Waals surface area contributed by atoms with Crippen LogP contribution in [0.15, 0.2) is 12.1 Å². The summed E-state index contributed by atoms with van der Waals surface area (Å²) >= 11 is 5.86. The lowest BCUT2D eigenvalue weighted by molar-refractivity contribution is 0.00666. The summed E-state index contributed by atoms with van der Waals surface area (Å²) in [5.41, 5.74) is 5.00. The van der Waals surface area contributed by atoms with Crippen molar-refractivity contribution >= 4 is 29.2 Å². The molecule has 2 N–H and O–H groups in total. The van der Waals surface area contributed by atoms with Crippen LogP contribution in [0.1, 0.15) is 41.5 Å². The SMILES string of the molecule is COC(=O)c1ccc(Cl)c(N)c1C(=O)OC(C)(C)C. The van der Waals surface area contributed by atoms with Gasteiger partial charge >= 0.3 is 11.9 Å². The van der Waals surface area contributed by atoms with Crippen LogP contribution in [-0.4, -0.2) is 24.6 Å². The molecule has 0 heterocycles. The molecule has 0 fully saturated rings. The Labute approximate surface area is 116 Å². The average Bonchev–Trinajstić information content (AvgIpc) is 2.28. The van der Waals surface area contributed by atoms with Gasteiger partial charge in [-0.25, -0.2) is 9.59 Å². The Hall–Kier alpha value is -1.75. The number of benzene rings is 1. The van der Waals surface area contributed by atoms with Gasteiger partial charge in [0, 0.05) is 0 Å². The van der Waals surface area contributed by atoms with E-state index in [4.69, 9.17) is 22.1 Å². The Morgan fingerprint density at radius 2 is 1.79 bits per heavy atom. The Balaban J connectivity index is 3.34. The van der Waals surface area contributed by atoms with Crippen molar-refractivity contribution in [2.24, 2.45) is 0 Å². The first kappa shape index (κ1) is 15.3. The predicted octanol–water partition coefficient (Wildman–Crippen LogP) is 2.66. The molecule has 19 heavy (non-hydrogen) atoms. The molecule has 0 spiro atoms. The number of halogens is 1. The molecule has 0 aliphatic heterocycles. The van der Waals surface area contributed by atoms with Crippen LogP contribution in [0.3, 0.4) is 0 Å². The number of methoxy groups -OCH3 is 1. The molecule has 104 valence electrons. The minimum Gasteiger partial charge on any atom is -0.465 e. The average molecular weight is 286 g/mol. The van der Waals surface area contributed by atoms with E-state index in [-0.39, 0.29) is 21.8 Å². The normalized spacial score (nSPS) is 11.0. The lowest BCUT2D eigenvalue weighted by Gasteiger charge is -2.21. The molecule has 1 aromatic carbocycles. The topological polar surface area (TPSA) is 78.6 Å². The summed E-state index contributed by atoms with van der Waals surface area (Å²) in [7, 11) is 1.21. The third-order valence-corrected chi connectivity index (χ3v) is 2.53. The lowest BCUT2D eigenvalue weighted by atomic mass is 10.0. The van der Waals surface area contributed by atoms with Gasteiger partial charge < -0.3 is 15.2 Å². The molecule has 0 atom stereocenters. The van der Waals surface area contributed by atoms with E-state index in [0.29, 0.717) is 0 Å². The fraction of sp³-hybridized carbons (Fsp3) is 0.385. The molecule has 0 amide bonds. The van der Waals surface area contributed by atoms with Gasteiger partial charge in [-0.1, -0.05) is 11.6 Å². The molecule has 6 heteroatoms. The van der Waals surface area contributed by atoms with E-state index < -0.39 is 17.5 Å². The lowest BCUT2D eigenvalue weighted by Crippen LogP contribution is -2.26. The molecule has 5 nitrogen and oxygen atoms in total. The molecule has 0 saturated heterocycles. The second-order valence-electron chi connectivity index (χ2n) is 4.88. The van der Waals surface area contributed by atoms with Crippen molar-refractivity contribution in [1.82, 2.24) is 0 Å². The first-order valence-corrected chi connectivity index (χ1v) is 5.95. The maximum atomic E-state index is 12.1. The number of nitrogens with two attached hydrogens (primary N) is 1. The molecule has 0 aromatic heterocycles. The Morgan fingerprint density at radius 3 is 2.26 bits per heavy atom. The van der Waals surface area contributed by atoms with Gasteiger partial charge in [0.1, 0.15) is 5.60 Å². The first-order valence-electron chi connectivity index (χ1n) is 5.57. The molecule has 0 aliphatic carbocycles. The molecular weight excluding hydrogens is 270 g/mol. The fourth-order valence-corrected chi connectivity index (χ4v) is 1.58. The number of nitrogen functional groups attached to an aromatic ring is 1. The van der Waals surface area contributed by atoms with Gasteiger partial charge in [-0.3, -0.25) is 0 Å². The highest BCUT2D eigenvalue weighted by atomic mass is 35.5. The summed E-state index contributed by atoms with van der Waals surface area (Å²) in [6.45, 7) is 5.14. The summed E-state index contributed by atoms with van der Waals surface area (Å²) in [4.78, 5) is 23.7. The van der Waals surface area contributed by atoms with E-state index >= 15 is 0 Å². The number of carbonyl (C=O) groups excluding carboxylic acids is 2. The van der Waals surface area contributed by atoms with Crippen LogP contribution >= 0.6 is 11.6 Å². The van der Waals surface area contributed by atoms with Crippen molar-refractivity contribution in [2.75, 3.05) is 12.8 Å². The third kappa shape index (κ3) is 3.61. The maximum absolute atomic E-state index is 12.1. The largest absolute Gasteiger partial charge is 0.465 e. The zero-order valence-corrected chi connectivity index (χ0v) is 12.0. The summed E-state index contributed by atoms with van der Waals surface area (Å²) in [6, 6.07) is 2.81. The van der Waals surface area contributed by atoms with E-state index in [9.17, 15) is 9.59 Å². The van der Waals surface area contributed by atoms with Crippen LogP contribution in [0.4, 0.5) is 5.69 Å². The summed E-state index contributed by atoms with van der Waals surface area (Å²) in [5, 5.41) is 0.175. The monoisotopic (exact) mass is 285 g/mol. The van der Waals surface area contributed by atoms with E-state index in [1.54, 1.807) is 20.8 Å². The van der Waals surface area contributed by atoms with Gasteiger partial charge in [0.25, 0.3) is 0 Å². The third-order valence-electron chi connectivity index (χ3n) is 2.20. The molecular formula is C13H16ClNO4. The zero-order chi connectivity index (χ0) is 14.8. The van der Waals surface area contributed by atoms with Crippen LogP contribution in [0, 0.1) is 0 Å². The van der Waals surface area contributed by atoms with Crippen molar-refractivity contribution in [1.29, 1.82) is 0 Å². The summed E-state index contributed by atoms with van der Waals surface area (Å²) < 4.78 is 9.82. The zero-order valence-electron chi connectivity index (χ0n) is 11.2. The van der Waals surface area contributed by atoms with E-state index in [1.807, 2.05) is 0 Å². The van der Waals surface area contributed by atoms with E-state index in [2.05, 4.69) is 4.74 Å². The molecule has 1 rings (SSSR count). The van der Waals surface area contributed by atoms with Crippen LogP contribution in [-0.2, 0) is 9.47 Å².